The number of aliphatic hydroxyl groups is 1. The van der Waals surface area contributed by atoms with Crippen LogP contribution < -0.4 is 10.2 Å². The van der Waals surface area contributed by atoms with Crippen molar-refractivity contribution in [2.45, 2.75) is 33.1 Å². The highest BCUT2D eigenvalue weighted by molar-refractivity contribution is 5.47. The summed E-state index contributed by atoms with van der Waals surface area (Å²) in [6.07, 6.45) is 4.71. The Morgan fingerprint density at radius 1 is 1.32 bits per heavy atom. The lowest BCUT2D eigenvalue weighted by Gasteiger charge is -2.19. The van der Waals surface area contributed by atoms with Crippen molar-refractivity contribution < 1.29 is 5.11 Å². The molecule has 0 radical (unpaired) electrons. The van der Waals surface area contributed by atoms with Gasteiger partial charge in [0.05, 0.1) is 0 Å². The van der Waals surface area contributed by atoms with Gasteiger partial charge in [-0.2, -0.15) is 0 Å². The lowest BCUT2D eigenvalue weighted by molar-refractivity contribution is 0.292. The van der Waals surface area contributed by atoms with Crippen LogP contribution in [0.25, 0.3) is 0 Å². The average molecular weight is 266 g/mol. The molecule has 0 aliphatic heterocycles. The van der Waals surface area contributed by atoms with Gasteiger partial charge in [0.1, 0.15) is 18.0 Å². The van der Waals surface area contributed by atoms with Gasteiger partial charge in [-0.05, 0) is 25.2 Å². The molecule has 19 heavy (non-hydrogen) atoms. The standard InChI is InChI=1S/C14H26N4O/c1-12(2)6-4-8-18(3)14-10-13(16-11-17-14)15-7-5-9-19/h10-12,19H,4-9H2,1-3H3,(H,15,16,17). The van der Waals surface area contributed by atoms with Crippen molar-refractivity contribution in [3.05, 3.63) is 12.4 Å². The minimum absolute atomic E-state index is 0.194. The van der Waals surface area contributed by atoms with E-state index in [0.29, 0.717) is 0 Å². The van der Waals surface area contributed by atoms with Crippen LogP contribution in [0.5, 0.6) is 0 Å². The number of hydrogen-bond donors (Lipinski definition) is 2. The Labute approximate surface area is 116 Å². The lowest BCUT2D eigenvalue weighted by atomic mass is 10.1. The minimum Gasteiger partial charge on any atom is -0.396 e. The van der Waals surface area contributed by atoms with Gasteiger partial charge in [0.15, 0.2) is 0 Å². The van der Waals surface area contributed by atoms with E-state index in [-0.39, 0.29) is 6.61 Å². The first-order valence-electron chi connectivity index (χ1n) is 7.01. The van der Waals surface area contributed by atoms with Crippen molar-refractivity contribution in [2.24, 2.45) is 5.92 Å². The first-order chi connectivity index (χ1) is 9.13. The van der Waals surface area contributed by atoms with Gasteiger partial charge in [-0.3, -0.25) is 0 Å². The zero-order chi connectivity index (χ0) is 14.1. The van der Waals surface area contributed by atoms with Gasteiger partial charge in [0.25, 0.3) is 0 Å². The average Bonchev–Trinajstić information content (AvgIpc) is 2.39. The van der Waals surface area contributed by atoms with E-state index in [1.165, 1.54) is 12.8 Å². The van der Waals surface area contributed by atoms with Crippen molar-refractivity contribution in [1.82, 2.24) is 9.97 Å². The highest BCUT2D eigenvalue weighted by atomic mass is 16.3. The summed E-state index contributed by atoms with van der Waals surface area (Å²) >= 11 is 0. The van der Waals surface area contributed by atoms with Crippen molar-refractivity contribution in [3.8, 4) is 0 Å². The van der Waals surface area contributed by atoms with Gasteiger partial charge in [-0.15, -0.1) is 0 Å². The van der Waals surface area contributed by atoms with Crippen LogP contribution in [-0.2, 0) is 0 Å². The number of rotatable bonds is 9. The van der Waals surface area contributed by atoms with E-state index in [4.69, 9.17) is 5.11 Å². The van der Waals surface area contributed by atoms with Gasteiger partial charge < -0.3 is 15.3 Å². The van der Waals surface area contributed by atoms with Crippen LogP contribution in [0, 0.1) is 5.92 Å². The van der Waals surface area contributed by atoms with E-state index < -0.39 is 0 Å². The van der Waals surface area contributed by atoms with E-state index in [1.54, 1.807) is 6.33 Å². The maximum Gasteiger partial charge on any atom is 0.133 e. The molecule has 0 amide bonds. The van der Waals surface area contributed by atoms with Crippen molar-refractivity contribution in [2.75, 3.05) is 37.0 Å². The Hall–Kier alpha value is -1.36. The van der Waals surface area contributed by atoms with E-state index in [1.807, 2.05) is 6.07 Å². The summed E-state index contributed by atoms with van der Waals surface area (Å²) in [7, 11) is 2.06. The molecule has 0 aliphatic carbocycles. The third-order valence-corrected chi connectivity index (χ3v) is 2.96. The summed E-state index contributed by atoms with van der Waals surface area (Å²) in [6.45, 7) is 6.41. The minimum atomic E-state index is 0.194. The molecule has 0 saturated heterocycles. The zero-order valence-corrected chi connectivity index (χ0v) is 12.3. The first kappa shape index (κ1) is 15.7. The van der Waals surface area contributed by atoms with Crippen LogP contribution in [-0.4, -0.2) is 41.8 Å². The number of nitrogens with one attached hydrogen (secondary N) is 1. The predicted octanol–water partition coefficient (Wildman–Crippen LogP) is 2.14. The molecule has 2 N–H and O–H groups in total. The van der Waals surface area contributed by atoms with Gasteiger partial charge in [-0.25, -0.2) is 9.97 Å². The Morgan fingerprint density at radius 2 is 2.11 bits per heavy atom. The van der Waals surface area contributed by atoms with Gasteiger partial charge >= 0.3 is 0 Å². The fourth-order valence-electron chi connectivity index (χ4n) is 1.80. The number of hydrogen-bond acceptors (Lipinski definition) is 5. The molecule has 1 aromatic rings. The van der Waals surface area contributed by atoms with Crippen LogP contribution in [0.4, 0.5) is 11.6 Å². The summed E-state index contributed by atoms with van der Waals surface area (Å²) < 4.78 is 0. The molecule has 0 saturated carbocycles. The number of aromatic nitrogens is 2. The van der Waals surface area contributed by atoms with Crippen molar-refractivity contribution >= 4 is 11.6 Å². The fraction of sp³-hybridized carbons (Fsp3) is 0.714. The second-order valence-electron chi connectivity index (χ2n) is 5.22. The third kappa shape index (κ3) is 6.38. The monoisotopic (exact) mass is 266 g/mol. The molecule has 108 valence electrons. The highest BCUT2D eigenvalue weighted by Gasteiger charge is 2.04. The molecule has 0 aromatic carbocycles. The molecule has 1 aromatic heterocycles. The first-order valence-corrected chi connectivity index (χ1v) is 7.01. The van der Waals surface area contributed by atoms with Crippen LogP contribution >= 0.6 is 0 Å². The molecule has 5 heteroatoms. The molecule has 1 heterocycles. The molecule has 0 atom stereocenters. The van der Waals surface area contributed by atoms with Crippen LogP contribution in [0.15, 0.2) is 12.4 Å². The summed E-state index contributed by atoms with van der Waals surface area (Å²) in [5.41, 5.74) is 0. The second-order valence-corrected chi connectivity index (χ2v) is 5.22. The zero-order valence-electron chi connectivity index (χ0n) is 12.3. The normalized spacial score (nSPS) is 10.8. The van der Waals surface area contributed by atoms with Crippen molar-refractivity contribution in [1.29, 1.82) is 0 Å². The molecule has 0 spiro atoms. The molecule has 0 unspecified atom stereocenters. The van der Waals surface area contributed by atoms with E-state index in [0.717, 1.165) is 37.1 Å². The Kier molecular flexibility index (Phi) is 7.18. The Morgan fingerprint density at radius 3 is 2.79 bits per heavy atom. The Balaban J connectivity index is 2.45. The number of aliphatic hydroxyl groups excluding tert-OH is 1. The third-order valence-electron chi connectivity index (χ3n) is 2.96. The maximum absolute atomic E-state index is 8.75. The molecule has 5 nitrogen and oxygen atoms in total. The fourth-order valence-corrected chi connectivity index (χ4v) is 1.80. The summed E-state index contributed by atoms with van der Waals surface area (Å²) in [4.78, 5) is 10.6. The largest absolute Gasteiger partial charge is 0.396 e. The van der Waals surface area contributed by atoms with Gasteiger partial charge in [0, 0.05) is 32.8 Å². The summed E-state index contributed by atoms with van der Waals surface area (Å²) in [5, 5.41) is 11.9. The quantitative estimate of drug-likeness (QED) is 0.671. The number of anilines is 2. The molecule has 0 bridgehead atoms. The second kappa shape index (κ2) is 8.69. The SMILES string of the molecule is CC(C)CCCN(C)c1cc(NCCCO)ncn1. The molecular formula is C14H26N4O. The Bertz CT molecular complexity index is 357. The van der Waals surface area contributed by atoms with Crippen LogP contribution in [0.2, 0.25) is 0 Å². The molecular weight excluding hydrogens is 240 g/mol. The van der Waals surface area contributed by atoms with E-state index in [9.17, 15) is 0 Å². The van der Waals surface area contributed by atoms with Crippen molar-refractivity contribution in [3.63, 3.8) is 0 Å². The molecule has 0 fully saturated rings. The highest BCUT2D eigenvalue weighted by Crippen LogP contribution is 2.14. The number of nitrogens with zero attached hydrogens (tertiary/aromatic N) is 3. The van der Waals surface area contributed by atoms with Gasteiger partial charge in [-0.1, -0.05) is 13.8 Å². The van der Waals surface area contributed by atoms with E-state index in [2.05, 4.69) is 41.1 Å². The summed E-state index contributed by atoms with van der Waals surface area (Å²) in [6, 6.07) is 1.95. The topological polar surface area (TPSA) is 61.3 Å². The van der Waals surface area contributed by atoms with Crippen LogP contribution in [0.1, 0.15) is 33.1 Å². The lowest BCUT2D eigenvalue weighted by Crippen LogP contribution is -2.20. The predicted molar refractivity (Wildman–Crippen MR) is 79.6 cm³/mol. The summed E-state index contributed by atoms with van der Waals surface area (Å²) in [5.74, 6) is 2.49. The maximum atomic E-state index is 8.75. The smallest absolute Gasteiger partial charge is 0.133 e. The van der Waals surface area contributed by atoms with Gasteiger partial charge in [0.2, 0.25) is 0 Å². The molecule has 1 rings (SSSR count). The van der Waals surface area contributed by atoms with Crippen LogP contribution in [0.3, 0.4) is 0 Å². The molecule has 0 aliphatic rings. The van der Waals surface area contributed by atoms with E-state index >= 15 is 0 Å².